The number of alkyl halides is 2. The lowest BCUT2D eigenvalue weighted by Gasteiger charge is -2.26. The number of Topliss-reactive ketones (excluding diaryl/α,β-unsaturated/α-hetero) is 1. The summed E-state index contributed by atoms with van der Waals surface area (Å²) in [5.74, 6) is -5.14. The number of unbranched alkanes of at least 4 members (excludes halogenated alkanes) is 1. The summed E-state index contributed by atoms with van der Waals surface area (Å²) in [7, 11) is 0. The normalized spacial score (nSPS) is 20.9. The Kier molecular flexibility index (Phi) is 8.21. The molecule has 138 valence electrons. The van der Waals surface area contributed by atoms with Gasteiger partial charge in [0, 0.05) is 18.6 Å². The zero-order valence-electron chi connectivity index (χ0n) is 13.5. The molecule has 1 saturated heterocycles. The van der Waals surface area contributed by atoms with E-state index in [0.29, 0.717) is 6.42 Å². The topological polar surface area (TPSA) is 112 Å². The standard InChI is InChI=1S/C14H16N2O6.CH2Cl2/c1-2-3-4-9(15-10(17)5-6-11(15)18)13(20)8-7-12(19)16(22)14(8)21;2-1-3/h5-6,8-9,22H,2-4,7H2,1H3;1H2. The summed E-state index contributed by atoms with van der Waals surface area (Å²) in [6, 6.07) is -1.09. The number of amides is 4. The van der Waals surface area contributed by atoms with Crippen LogP contribution in [0.2, 0.25) is 0 Å². The van der Waals surface area contributed by atoms with Crippen LogP contribution in [-0.2, 0) is 24.0 Å². The molecule has 0 radical (unpaired) electrons. The van der Waals surface area contributed by atoms with Gasteiger partial charge in [-0.05, 0) is 6.42 Å². The highest BCUT2D eigenvalue weighted by molar-refractivity contribution is 6.40. The van der Waals surface area contributed by atoms with Crippen LogP contribution in [-0.4, -0.2) is 56.0 Å². The average Bonchev–Trinajstić information content (AvgIpc) is 3.03. The summed E-state index contributed by atoms with van der Waals surface area (Å²) in [5.41, 5.74) is 0. The summed E-state index contributed by atoms with van der Waals surface area (Å²) in [5, 5.41) is 9.35. The number of carbonyl (C=O) groups excluding carboxylic acids is 5. The van der Waals surface area contributed by atoms with Crippen LogP contribution in [0.1, 0.15) is 32.6 Å². The van der Waals surface area contributed by atoms with E-state index in [0.717, 1.165) is 23.5 Å². The van der Waals surface area contributed by atoms with E-state index in [1.165, 1.54) is 0 Å². The monoisotopic (exact) mass is 392 g/mol. The van der Waals surface area contributed by atoms with Crippen molar-refractivity contribution >= 4 is 52.6 Å². The Labute approximate surface area is 154 Å². The van der Waals surface area contributed by atoms with E-state index >= 15 is 0 Å². The van der Waals surface area contributed by atoms with Crippen molar-refractivity contribution in [1.29, 1.82) is 0 Å². The summed E-state index contributed by atoms with van der Waals surface area (Å²) in [4.78, 5) is 60.0. The van der Waals surface area contributed by atoms with Crippen molar-refractivity contribution in [2.24, 2.45) is 5.92 Å². The lowest BCUT2D eigenvalue weighted by molar-refractivity contribution is -0.172. The second-order valence-corrected chi connectivity index (χ2v) is 6.15. The third-order valence-corrected chi connectivity index (χ3v) is 3.78. The number of nitrogens with zero attached hydrogens (tertiary/aromatic N) is 2. The van der Waals surface area contributed by atoms with Crippen LogP contribution in [0.3, 0.4) is 0 Å². The molecule has 1 N–H and O–H groups in total. The number of imide groups is 2. The van der Waals surface area contributed by atoms with E-state index < -0.39 is 47.8 Å². The minimum atomic E-state index is -1.35. The SMILES string of the molecule is CCCCC(C(=O)C1CC(=O)N(O)C1=O)N1C(=O)C=CC1=O.ClCCl. The van der Waals surface area contributed by atoms with Gasteiger partial charge in [0.25, 0.3) is 23.6 Å². The summed E-state index contributed by atoms with van der Waals surface area (Å²) < 4.78 is 0. The fourth-order valence-corrected chi connectivity index (χ4v) is 2.59. The Hall–Kier alpha value is -1.77. The molecule has 0 aromatic carbocycles. The molecule has 0 aliphatic carbocycles. The summed E-state index contributed by atoms with van der Waals surface area (Å²) >= 11 is 9.53. The molecule has 0 bridgehead atoms. The number of rotatable bonds is 6. The van der Waals surface area contributed by atoms with Crippen LogP contribution in [0.25, 0.3) is 0 Å². The van der Waals surface area contributed by atoms with Crippen molar-refractivity contribution in [2.45, 2.75) is 38.6 Å². The van der Waals surface area contributed by atoms with E-state index in [4.69, 9.17) is 23.2 Å². The second-order valence-electron chi connectivity index (χ2n) is 5.34. The van der Waals surface area contributed by atoms with Gasteiger partial charge in [0.15, 0.2) is 5.78 Å². The first-order valence-electron chi connectivity index (χ1n) is 7.56. The van der Waals surface area contributed by atoms with Crippen molar-refractivity contribution in [2.75, 3.05) is 5.34 Å². The van der Waals surface area contributed by atoms with Crippen LogP contribution in [0.15, 0.2) is 12.2 Å². The van der Waals surface area contributed by atoms with Crippen LogP contribution in [0, 0.1) is 5.92 Å². The zero-order chi connectivity index (χ0) is 19.1. The third kappa shape index (κ3) is 4.87. The first kappa shape index (κ1) is 21.3. The van der Waals surface area contributed by atoms with E-state index in [2.05, 4.69) is 0 Å². The predicted molar refractivity (Wildman–Crippen MR) is 87.6 cm³/mol. The molecular formula is C15H18Cl2N2O6. The molecule has 8 nitrogen and oxygen atoms in total. The lowest BCUT2D eigenvalue weighted by Crippen LogP contribution is -2.48. The quantitative estimate of drug-likeness (QED) is 0.314. The minimum Gasteiger partial charge on any atom is -0.296 e. The van der Waals surface area contributed by atoms with E-state index in [-0.39, 0.29) is 16.8 Å². The molecule has 1 fully saturated rings. The first-order chi connectivity index (χ1) is 11.8. The molecule has 0 spiro atoms. The maximum atomic E-state index is 12.5. The number of hydroxylamine groups is 2. The van der Waals surface area contributed by atoms with E-state index in [1.54, 1.807) is 0 Å². The number of carbonyl (C=O) groups is 5. The van der Waals surface area contributed by atoms with Crippen molar-refractivity contribution in [3.8, 4) is 0 Å². The molecule has 10 heteroatoms. The highest BCUT2D eigenvalue weighted by Crippen LogP contribution is 2.25. The molecule has 2 rings (SSSR count). The van der Waals surface area contributed by atoms with Crippen LogP contribution >= 0.6 is 23.2 Å². The van der Waals surface area contributed by atoms with Gasteiger partial charge >= 0.3 is 0 Å². The molecule has 2 atom stereocenters. The lowest BCUT2D eigenvalue weighted by atomic mass is 9.92. The van der Waals surface area contributed by atoms with Crippen molar-refractivity contribution in [3.63, 3.8) is 0 Å². The summed E-state index contributed by atoms with van der Waals surface area (Å²) in [6.07, 6.45) is 3.21. The molecule has 0 aromatic heterocycles. The number of halogens is 2. The van der Waals surface area contributed by atoms with E-state index in [1.807, 2.05) is 6.92 Å². The largest absolute Gasteiger partial charge is 0.296 e. The van der Waals surface area contributed by atoms with Crippen LogP contribution in [0.5, 0.6) is 0 Å². The number of ketones is 1. The van der Waals surface area contributed by atoms with Crippen molar-refractivity contribution in [1.82, 2.24) is 9.96 Å². The van der Waals surface area contributed by atoms with Gasteiger partial charge in [0.1, 0.15) is 5.92 Å². The molecule has 25 heavy (non-hydrogen) atoms. The Balaban J connectivity index is 0.000000970. The number of hydrogen-bond acceptors (Lipinski definition) is 6. The van der Waals surface area contributed by atoms with Crippen LogP contribution < -0.4 is 0 Å². The molecule has 2 heterocycles. The van der Waals surface area contributed by atoms with Crippen LogP contribution in [0.4, 0.5) is 0 Å². The molecule has 0 aromatic rings. The van der Waals surface area contributed by atoms with Gasteiger partial charge in [-0.1, -0.05) is 19.8 Å². The van der Waals surface area contributed by atoms with Crippen molar-refractivity contribution in [3.05, 3.63) is 12.2 Å². The molecular weight excluding hydrogens is 375 g/mol. The Morgan fingerprint density at radius 3 is 2.16 bits per heavy atom. The van der Waals surface area contributed by atoms with Gasteiger partial charge < -0.3 is 0 Å². The third-order valence-electron chi connectivity index (χ3n) is 3.78. The van der Waals surface area contributed by atoms with Crippen molar-refractivity contribution < 1.29 is 29.2 Å². The minimum absolute atomic E-state index is 0.0781. The smallest absolute Gasteiger partial charge is 0.264 e. The fourth-order valence-electron chi connectivity index (χ4n) is 2.59. The Morgan fingerprint density at radius 2 is 1.76 bits per heavy atom. The highest BCUT2D eigenvalue weighted by atomic mass is 35.5. The molecule has 2 unspecified atom stereocenters. The van der Waals surface area contributed by atoms with Gasteiger partial charge in [0.2, 0.25) is 0 Å². The Bertz CT molecular complexity index is 589. The molecule has 2 aliphatic heterocycles. The number of hydrogen-bond donors (Lipinski definition) is 1. The Morgan fingerprint density at radius 1 is 1.24 bits per heavy atom. The highest BCUT2D eigenvalue weighted by Gasteiger charge is 2.47. The van der Waals surface area contributed by atoms with Gasteiger partial charge in [-0.25, -0.2) is 0 Å². The molecule has 0 saturated carbocycles. The van der Waals surface area contributed by atoms with Gasteiger partial charge in [-0.3, -0.25) is 34.1 Å². The average molecular weight is 393 g/mol. The molecule has 4 amide bonds. The predicted octanol–water partition coefficient (Wildman–Crippen LogP) is 1.23. The maximum Gasteiger partial charge on any atom is 0.264 e. The first-order valence-corrected chi connectivity index (χ1v) is 8.63. The maximum absolute atomic E-state index is 12.5. The summed E-state index contributed by atoms with van der Waals surface area (Å²) in [6.45, 7) is 1.88. The second kappa shape index (κ2) is 9.65. The molecule has 2 aliphatic rings. The van der Waals surface area contributed by atoms with Gasteiger partial charge in [-0.2, -0.15) is 5.06 Å². The van der Waals surface area contributed by atoms with Gasteiger partial charge in [0.05, 0.1) is 11.4 Å². The van der Waals surface area contributed by atoms with E-state index in [9.17, 15) is 29.2 Å². The fraction of sp³-hybridized carbons (Fsp3) is 0.533. The zero-order valence-corrected chi connectivity index (χ0v) is 15.0. The van der Waals surface area contributed by atoms with Gasteiger partial charge in [-0.15, -0.1) is 23.2 Å².